The molecule has 5 nitrogen and oxygen atoms in total. The molecule has 6 heteroatoms. The Morgan fingerprint density at radius 1 is 0.963 bits per heavy atom. The summed E-state index contributed by atoms with van der Waals surface area (Å²) in [4.78, 5) is 28.7. The Morgan fingerprint density at radius 2 is 1.59 bits per heavy atom. The largest absolute Gasteiger partial charge is 0.462 e. The molecule has 0 N–H and O–H groups in total. The van der Waals surface area contributed by atoms with Crippen molar-refractivity contribution < 1.29 is 19.1 Å². The molecule has 0 fully saturated rings. The summed E-state index contributed by atoms with van der Waals surface area (Å²) in [7, 11) is 2.02. The van der Waals surface area contributed by atoms with E-state index in [1.807, 2.05) is 37.4 Å². The van der Waals surface area contributed by atoms with Gasteiger partial charge in [0.15, 0.2) is 0 Å². The second-order valence-corrected chi connectivity index (χ2v) is 6.94. The Kier molecular flexibility index (Phi) is 5.86. The SMILES string of the molecule is CCOC(=O)C(=Cc1ccc2c(c1)Sc1ccccc1N2C)C(=O)OCC. The topological polar surface area (TPSA) is 55.8 Å². The van der Waals surface area contributed by atoms with Gasteiger partial charge < -0.3 is 14.4 Å². The van der Waals surface area contributed by atoms with Crippen LogP contribution in [0.2, 0.25) is 0 Å². The van der Waals surface area contributed by atoms with Crippen LogP contribution in [0.1, 0.15) is 19.4 Å². The van der Waals surface area contributed by atoms with Crippen LogP contribution >= 0.6 is 11.8 Å². The molecular formula is C21H21NO4S. The van der Waals surface area contributed by atoms with Crippen molar-refractivity contribution in [2.75, 3.05) is 25.2 Å². The predicted molar refractivity (Wildman–Crippen MR) is 106 cm³/mol. The normalized spacial score (nSPS) is 11.9. The van der Waals surface area contributed by atoms with Gasteiger partial charge in [0.1, 0.15) is 5.57 Å². The number of fused-ring (bicyclic) bond motifs is 2. The van der Waals surface area contributed by atoms with Crippen LogP contribution in [-0.4, -0.2) is 32.2 Å². The second kappa shape index (κ2) is 8.31. The summed E-state index contributed by atoms with van der Waals surface area (Å²) < 4.78 is 10.00. The molecule has 0 radical (unpaired) electrons. The molecule has 27 heavy (non-hydrogen) atoms. The fourth-order valence-corrected chi connectivity index (χ4v) is 4.03. The summed E-state index contributed by atoms with van der Waals surface area (Å²) in [6.45, 7) is 3.78. The number of ether oxygens (including phenoxy) is 2. The third-order valence-corrected chi connectivity index (χ3v) is 5.21. The van der Waals surface area contributed by atoms with Crippen LogP contribution in [-0.2, 0) is 19.1 Å². The molecule has 2 aromatic rings. The van der Waals surface area contributed by atoms with Crippen LogP contribution in [0, 0.1) is 0 Å². The molecule has 140 valence electrons. The molecule has 3 rings (SSSR count). The van der Waals surface area contributed by atoms with E-state index in [4.69, 9.17) is 9.47 Å². The zero-order valence-corrected chi connectivity index (χ0v) is 16.3. The van der Waals surface area contributed by atoms with Crippen LogP contribution in [0.5, 0.6) is 0 Å². The third-order valence-electron chi connectivity index (χ3n) is 4.09. The van der Waals surface area contributed by atoms with Crippen LogP contribution < -0.4 is 4.90 Å². The van der Waals surface area contributed by atoms with Gasteiger partial charge in [-0.15, -0.1) is 0 Å². The van der Waals surface area contributed by atoms with E-state index < -0.39 is 11.9 Å². The Balaban J connectivity index is 1.97. The van der Waals surface area contributed by atoms with E-state index in [1.165, 1.54) is 6.08 Å². The highest BCUT2D eigenvalue weighted by molar-refractivity contribution is 7.99. The van der Waals surface area contributed by atoms with Crippen molar-refractivity contribution in [1.82, 2.24) is 0 Å². The summed E-state index contributed by atoms with van der Waals surface area (Å²) in [5, 5.41) is 0. The van der Waals surface area contributed by atoms with E-state index in [0.717, 1.165) is 26.7 Å². The van der Waals surface area contributed by atoms with Gasteiger partial charge in [-0.1, -0.05) is 30.0 Å². The van der Waals surface area contributed by atoms with Crippen molar-refractivity contribution in [3.05, 3.63) is 53.6 Å². The van der Waals surface area contributed by atoms with Crippen molar-refractivity contribution >= 4 is 41.2 Å². The third kappa shape index (κ3) is 4.01. The smallest absolute Gasteiger partial charge is 0.345 e. The van der Waals surface area contributed by atoms with E-state index in [2.05, 4.69) is 17.0 Å². The minimum atomic E-state index is -0.677. The molecule has 0 saturated heterocycles. The molecule has 0 saturated carbocycles. The lowest BCUT2D eigenvalue weighted by Gasteiger charge is -2.29. The Bertz CT molecular complexity index is 887. The average molecular weight is 383 g/mol. The van der Waals surface area contributed by atoms with Crippen LogP contribution in [0.25, 0.3) is 6.08 Å². The fraction of sp³-hybridized carbons (Fsp3) is 0.238. The molecule has 0 bridgehead atoms. The van der Waals surface area contributed by atoms with Crippen molar-refractivity contribution in [1.29, 1.82) is 0 Å². The zero-order valence-electron chi connectivity index (χ0n) is 15.5. The first kappa shape index (κ1) is 19.0. The number of anilines is 2. The Labute approximate surface area is 163 Å². The molecular weight excluding hydrogens is 362 g/mol. The average Bonchev–Trinajstić information content (AvgIpc) is 2.66. The maximum absolute atomic E-state index is 12.2. The minimum Gasteiger partial charge on any atom is -0.462 e. The first-order chi connectivity index (χ1) is 13.0. The number of rotatable bonds is 5. The number of hydrogen-bond donors (Lipinski definition) is 0. The van der Waals surface area contributed by atoms with Crippen LogP contribution in [0.15, 0.2) is 57.8 Å². The van der Waals surface area contributed by atoms with Gasteiger partial charge in [0.25, 0.3) is 0 Å². The number of carbonyl (C=O) groups is 2. The highest BCUT2D eigenvalue weighted by Crippen LogP contribution is 2.47. The van der Waals surface area contributed by atoms with E-state index >= 15 is 0 Å². The molecule has 1 aliphatic heterocycles. The maximum atomic E-state index is 12.2. The van der Waals surface area contributed by atoms with Gasteiger partial charge in [-0.05, 0) is 49.8 Å². The van der Waals surface area contributed by atoms with E-state index in [0.29, 0.717) is 0 Å². The van der Waals surface area contributed by atoms with Crippen LogP contribution in [0.3, 0.4) is 0 Å². The highest BCUT2D eigenvalue weighted by Gasteiger charge is 2.23. The summed E-state index contributed by atoms with van der Waals surface area (Å²) in [5.74, 6) is -1.35. The lowest BCUT2D eigenvalue weighted by molar-refractivity contribution is -0.146. The fourth-order valence-electron chi connectivity index (χ4n) is 2.83. The van der Waals surface area contributed by atoms with Crippen molar-refractivity contribution in [2.45, 2.75) is 23.6 Å². The standard InChI is InChI=1S/C21H21NO4S/c1-4-25-20(23)15(21(24)26-5-2)12-14-10-11-17-19(13-14)27-18-9-7-6-8-16(18)22(17)3/h6-13H,4-5H2,1-3H3. The summed E-state index contributed by atoms with van der Waals surface area (Å²) >= 11 is 1.66. The molecule has 2 aromatic carbocycles. The van der Waals surface area contributed by atoms with Gasteiger partial charge in [-0.3, -0.25) is 0 Å². The Hall–Kier alpha value is -2.73. The minimum absolute atomic E-state index is 0.104. The molecule has 1 heterocycles. The molecule has 0 amide bonds. The molecule has 0 atom stereocenters. The number of esters is 2. The molecule has 0 unspecified atom stereocenters. The molecule has 1 aliphatic rings. The number of hydrogen-bond acceptors (Lipinski definition) is 6. The number of nitrogens with zero attached hydrogens (tertiary/aromatic N) is 1. The molecule has 0 aromatic heterocycles. The molecule has 0 aliphatic carbocycles. The highest BCUT2D eigenvalue weighted by atomic mass is 32.2. The van der Waals surface area contributed by atoms with Crippen molar-refractivity contribution in [3.63, 3.8) is 0 Å². The van der Waals surface area contributed by atoms with Gasteiger partial charge in [-0.25, -0.2) is 9.59 Å². The van der Waals surface area contributed by atoms with E-state index in [1.54, 1.807) is 25.6 Å². The monoisotopic (exact) mass is 383 g/mol. The molecule has 0 spiro atoms. The number of benzene rings is 2. The van der Waals surface area contributed by atoms with E-state index in [9.17, 15) is 9.59 Å². The van der Waals surface area contributed by atoms with Crippen molar-refractivity contribution in [2.24, 2.45) is 0 Å². The lowest BCUT2D eigenvalue weighted by atomic mass is 10.1. The maximum Gasteiger partial charge on any atom is 0.345 e. The number of para-hydroxylation sites is 1. The predicted octanol–water partition coefficient (Wildman–Crippen LogP) is 4.43. The lowest BCUT2D eigenvalue weighted by Crippen LogP contribution is -2.18. The first-order valence-electron chi connectivity index (χ1n) is 8.75. The zero-order chi connectivity index (χ0) is 19.4. The van der Waals surface area contributed by atoms with Crippen molar-refractivity contribution in [3.8, 4) is 0 Å². The van der Waals surface area contributed by atoms with Gasteiger partial charge in [-0.2, -0.15) is 0 Å². The van der Waals surface area contributed by atoms with E-state index in [-0.39, 0.29) is 18.8 Å². The second-order valence-electron chi connectivity index (χ2n) is 5.85. The quantitative estimate of drug-likeness (QED) is 0.330. The van der Waals surface area contributed by atoms with Gasteiger partial charge in [0.2, 0.25) is 0 Å². The van der Waals surface area contributed by atoms with Gasteiger partial charge >= 0.3 is 11.9 Å². The summed E-state index contributed by atoms with van der Waals surface area (Å²) in [6, 6.07) is 14.0. The van der Waals surface area contributed by atoms with Gasteiger partial charge in [0, 0.05) is 16.8 Å². The number of carbonyl (C=O) groups excluding carboxylic acids is 2. The van der Waals surface area contributed by atoms with Gasteiger partial charge in [0.05, 0.1) is 24.6 Å². The summed E-state index contributed by atoms with van der Waals surface area (Å²) in [6.07, 6.45) is 1.53. The summed E-state index contributed by atoms with van der Waals surface area (Å²) in [5.41, 5.74) is 2.86. The first-order valence-corrected chi connectivity index (χ1v) is 9.57. The Morgan fingerprint density at radius 3 is 2.26 bits per heavy atom. The van der Waals surface area contributed by atoms with Crippen LogP contribution in [0.4, 0.5) is 11.4 Å².